The Kier molecular flexibility index (Phi) is 4.53. The Balaban J connectivity index is 2.17. The highest BCUT2D eigenvalue weighted by Crippen LogP contribution is 2.35. The summed E-state index contributed by atoms with van der Waals surface area (Å²) in [5.41, 5.74) is 7.87. The van der Waals surface area contributed by atoms with Crippen molar-refractivity contribution in [3.8, 4) is 0 Å². The molecule has 1 saturated carbocycles. The Labute approximate surface area is 120 Å². The molecule has 4 heteroatoms. The van der Waals surface area contributed by atoms with Gasteiger partial charge in [-0.3, -0.25) is 0 Å². The van der Waals surface area contributed by atoms with Gasteiger partial charge in [-0.25, -0.2) is 4.79 Å². The van der Waals surface area contributed by atoms with E-state index < -0.39 is 0 Å². The van der Waals surface area contributed by atoms with E-state index in [0.29, 0.717) is 29.8 Å². The Morgan fingerprint density at radius 1 is 1.40 bits per heavy atom. The van der Waals surface area contributed by atoms with Crippen LogP contribution in [0.3, 0.4) is 0 Å². The second kappa shape index (κ2) is 6.16. The summed E-state index contributed by atoms with van der Waals surface area (Å²) in [4.78, 5) is 11.8. The van der Waals surface area contributed by atoms with E-state index in [0.717, 1.165) is 18.0 Å². The largest absolute Gasteiger partial charge is 0.462 e. The fourth-order valence-electron chi connectivity index (χ4n) is 2.85. The van der Waals surface area contributed by atoms with Crippen LogP contribution < -0.4 is 11.1 Å². The van der Waals surface area contributed by atoms with Crippen LogP contribution in [0.5, 0.6) is 0 Å². The van der Waals surface area contributed by atoms with E-state index in [1.165, 1.54) is 6.42 Å². The van der Waals surface area contributed by atoms with Crippen LogP contribution in [0.4, 0.5) is 11.4 Å². The average Bonchev–Trinajstić information content (AvgIpc) is 2.73. The van der Waals surface area contributed by atoms with Gasteiger partial charge in [0.15, 0.2) is 0 Å². The van der Waals surface area contributed by atoms with Crippen molar-refractivity contribution >= 4 is 17.3 Å². The van der Waals surface area contributed by atoms with Crippen molar-refractivity contribution in [2.24, 2.45) is 11.8 Å². The van der Waals surface area contributed by atoms with Crippen LogP contribution >= 0.6 is 0 Å². The number of nitrogens with two attached hydrogens (primary N) is 1. The minimum atomic E-state index is -0.360. The van der Waals surface area contributed by atoms with Crippen LogP contribution in [-0.2, 0) is 4.74 Å². The van der Waals surface area contributed by atoms with Gasteiger partial charge in [0.1, 0.15) is 0 Å². The first-order valence-electron chi connectivity index (χ1n) is 7.36. The van der Waals surface area contributed by atoms with E-state index >= 15 is 0 Å². The van der Waals surface area contributed by atoms with Crippen LogP contribution in [0.15, 0.2) is 18.2 Å². The molecule has 0 amide bonds. The molecule has 1 aliphatic rings. The van der Waals surface area contributed by atoms with Crippen LogP contribution in [0.2, 0.25) is 0 Å². The van der Waals surface area contributed by atoms with Gasteiger partial charge in [0.25, 0.3) is 0 Å². The molecule has 0 radical (unpaired) electrons. The van der Waals surface area contributed by atoms with Crippen molar-refractivity contribution in [2.45, 2.75) is 39.7 Å². The first-order chi connectivity index (χ1) is 9.54. The van der Waals surface area contributed by atoms with Gasteiger partial charge in [-0.2, -0.15) is 0 Å². The number of para-hydroxylation sites is 1. The number of anilines is 2. The lowest BCUT2D eigenvalue weighted by Gasteiger charge is -2.22. The maximum absolute atomic E-state index is 11.8. The van der Waals surface area contributed by atoms with E-state index in [2.05, 4.69) is 19.2 Å². The predicted octanol–water partition coefficient (Wildman–Crippen LogP) is 3.29. The number of carbonyl (C=O) groups excluding carboxylic acids is 1. The molecule has 3 unspecified atom stereocenters. The number of benzene rings is 1. The Hall–Kier alpha value is -1.71. The SMILES string of the molecule is CCOC(=O)c1cccc(NC2CCC(C)C2C)c1N. The highest BCUT2D eigenvalue weighted by Gasteiger charge is 2.30. The quantitative estimate of drug-likeness (QED) is 0.654. The number of hydrogen-bond acceptors (Lipinski definition) is 4. The third kappa shape index (κ3) is 2.89. The number of esters is 1. The van der Waals surface area contributed by atoms with Crippen molar-refractivity contribution in [3.05, 3.63) is 23.8 Å². The zero-order valence-corrected chi connectivity index (χ0v) is 12.5. The van der Waals surface area contributed by atoms with Crippen molar-refractivity contribution in [3.63, 3.8) is 0 Å². The summed E-state index contributed by atoms with van der Waals surface area (Å²) in [7, 11) is 0. The van der Waals surface area contributed by atoms with Gasteiger partial charge in [0.05, 0.1) is 23.5 Å². The molecule has 0 saturated heterocycles. The van der Waals surface area contributed by atoms with Crippen LogP contribution in [-0.4, -0.2) is 18.6 Å². The van der Waals surface area contributed by atoms with E-state index in [9.17, 15) is 4.79 Å². The molecule has 1 aliphatic carbocycles. The van der Waals surface area contributed by atoms with Gasteiger partial charge in [-0.15, -0.1) is 0 Å². The topological polar surface area (TPSA) is 64.3 Å². The molecule has 1 aromatic rings. The maximum atomic E-state index is 11.8. The maximum Gasteiger partial charge on any atom is 0.340 e. The van der Waals surface area contributed by atoms with Gasteiger partial charge in [0, 0.05) is 6.04 Å². The number of carbonyl (C=O) groups is 1. The number of nitrogens with one attached hydrogen (secondary N) is 1. The Morgan fingerprint density at radius 3 is 2.75 bits per heavy atom. The highest BCUT2D eigenvalue weighted by molar-refractivity contribution is 5.98. The highest BCUT2D eigenvalue weighted by atomic mass is 16.5. The molecule has 0 aromatic heterocycles. The number of ether oxygens (including phenoxy) is 1. The molecule has 0 spiro atoms. The molecule has 3 N–H and O–H groups in total. The normalized spacial score (nSPS) is 25.4. The molecule has 0 heterocycles. The lowest BCUT2D eigenvalue weighted by molar-refractivity contribution is 0.0527. The van der Waals surface area contributed by atoms with E-state index in [1.54, 1.807) is 13.0 Å². The van der Waals surface area contributed by atoms with Crippen molar-refractivity contribution in [2.75, 3.05) is 17.7 Å². The van der Waals surface area contributed by atoms with Crippen LogP contribution in [0.1, 0.15) is 44.0 Å². The van der Waals surface area contributed by atoms with Crippen molar-refractivity contribution in [1.29, 1.82) is 0 Å². The summed E-state index contributed by atoms with van der Waals surface area (Å²) >= 11 is 0. The molecule has 0 aliphatic heterocycles. The minimum Gasteiger partial charge on any atom is -0.462 e. The predicted molar refractivity (Wildman–Crippen MR) is 81.8 cm³/mol. The lowest BCUT2D eigenvalue weighted by Crippen LogP contribution is -2.25. The molecule has 2 rings (SSSR count). The zero-order chi connectivity index (χ0) is 14.7. The van der Waals surface area contributed by atoms with Gasteiger partial charge in [-0.1, -0.05) is 19.9 Å². The molecule has 4 nitrogen and oxygen atoms in total. The molecule has 110 valence electrons. The van der Waals surface area contributed by atoms with Gasteiger partial charge in [0.2, 0.25) is 0 Å². The lowest BCUT2D eigenvalue weighted by atomic mass is 9.97. The van der Waals surface area contributed by atoms with Crippen molar-refractivity contribution in [1.82, 2.24) is 0 Å². The number of hydrogen-bond donors (Lipinski definition) is 2. The fourth-order valence-corrected chi connectivity index (χ4v) is 2.85. The average molecular weight is 276 g/mol. The van der Waals surface area contributed by atoms with E-state index in [1.807, 2.05) is 12.1 Å². The molecule has 3 atom stereocenters. The number of nitrogen functional groups attached to an aromatic ring is 1. The number of rotatable bonds is 4. The zero-order valence-electron chi connectivity index (χ0n) is 12.5. The Bertz CT molecular complexity index is 487. The molecular formula is C16H24N2O2. The first-order valence-corrected chi connectivity index (χ1v) is 7.36. The van der Waals surface area contributed by atoms with Gasteiger partial charge < -0.3 is 15.8 Å². The van der Waals surface area contributed by atoms with E-state index in [4.69, 9.17) is 10.5 Å². The van der Waals surface area contributed by atoms with E-state index in [-0.39, 0.29) is 5.97 Å². The summed E-state index contributed by atoms with van der Waals surface area (Å²) in [5.74, 6) is 0.976. The minimum absolute atomic E-state index is 0.354. The monoisotopic (exact) mass is 276 g/mol. The smallest absolute Gasteiger partial charge is 0.340 e. The summed E-state index contributed by atoms with van der Waals surface area (Å²) < 4.78 is 5.03. The Morgan fingerprint density at radius 2 is 2.15 bits per heavy atom. The van der Waals surface area contributed by atoms with Crippen LogP contribution in [0, 0.1) is 11.8 Å². The first kappa shape index (κ1) is 14.7. The van der Waals surface area contributed by atoms with Gasteiger partial charge >= 0.3 is 5.97 Å². The molecule has 20 heavy (non-hydrogen) atoms. The summed E-state index contributed by atoms with van der Waals surface area (Å²) in [5, 5.41) is 3.49. The standard InChI is InChI=1S/C16H24N2O2/c1-4-20-16(19)12-6-5-7-14(15(12)17)18-13-9-8-10(2)11(13)3/h5-7,10-11,13,18H,4,8-9,17H2,1-3H3. The molecular weight excluding hydrogens is 252 g/mol. The second-order valence-corrected chi connectivity index (χ2v) is 5.65. The summed E-state index contributed by atoms with van der Waals surface area (Å²) in [6, 6.07) is 5.89. The third-order valence-electron chi connectivity index (χ3n) is 4.41. The molecule has 1 fully saturated rings. The third-order valence-corrected chi connectivity index (χ3v) is 4.41. The molecule has 1 aromatic carbocycles. The van der Waals surface area contributed by atoms with Crippen LogP contribution in [0.25, 0.3) is 0 Å². The summed E-state index contributed by atoms with van der Waals surface area (Å²) in [6.07, 6.45) is 2.38. The molecule has 0 bridgehead atoms. The van der Waals surface area contributed by atoms with Crippen molar-refractivity contribution < 1.29 is 9.53 Å². The fraction of sp³-hybridized carbons (Fsp3) is 0.562. The second-order valence-electron chi connectivity index (χ2n) is 5.65. The summed E-state index contributed by atoms with van der Waals surface area (Å²) in [6.45, 7) is 6.69. The van der Waals surface area contributed by atoms with Gasteiger partial charge in [-0.05, 0) is 43.7 Å².